The molecule has 6 heteroatoms. The van der Waals surface area contributed by atoms with E-state index >= 15 is 0 Å². The minimum absolute atomic E-state index is 0. The summed E-state index contributed by atoms with van der Waals surface area (Å²) < 4.78 is 10.6. The van der Waals surface area contributed by atoms with Gasteiger partial charge in [0.25, 0.3) is 0 Å². The Labute approximate surface area is 131 Å². The summed E-state index contributed by atoms with van der Waals surface area (Å²) in [6, 6.07) is 5.63. The topological polar surface area (TPSA) is 59.6 Å². The SMILES string of the molecule is COc1cccc(CNC(=O)CNCC2CC2)c1OC.Cl. The van der Waals surface area contributed by atoms with E-state index in [1.165, 1.54) is 12.8 Å². The number of carbonyl (C=O) groups is 1. The molecule has 0 spiro atoms. The third-order valence-electron chi connectivity index (χ3n) is 3.38. The van der Waals surface area contributed by atoms with Gasteiger partial charge in [-0.1, -0.05) is 12.1 Å². The van der Waals surface area contributed by atoms with E-state index < -0.39 is 0 Å². The third kappa shape index (κ3) is 5.44. The Morgan fingerprint density at radius 3 is 2.67 bits per heavy atom. The molecule has 0 atom stereocenters. The summed E-state index contributed by atoms with van der Waals surface area (Å²) in [6.45, 7) is 1.74. The highest BCUT2D eigenvalue weighted by Gasteiger charge is 2.20. The van der Waals surface area contributed by atoms with Crippen molar-refractivity contribution < 1.29 is 14.3 Å². The minimum Gasteiger partial charge on any atom is -0.493 e. The summed E-state index contributed by atoms with van der Waals surface area (Å²) in [4.78, 5) is 11.7. The lowest BCUT2D eigenvalue weighted by Crippen LogP contribution is -2.34. The molecule has 0 aromatic heterocycles. The summed E-state index contributed by atoms with van der Waals surface area (Å²) in [7, 11) is 3.20. The zero-order chi connectivity index (χ0) is 14.4. The highest BCUT2D eigenvalue weighted by molar-refractivity contribution is 5.85. The lowest BCUT2D eigenvalue weighted by atomic mass is 10.2. The van der Waals surface area contributed by atoms with Crippen LogP contribution in [-0.2, 0) is 11.3 Å². The van der Waals surface area contributed by atoms with Crippen LogP contribution in [0.25, 0.3) is 0 Å². The van der Waals surface area contributed by atoms with Crippen molar-refractivity contribution in [1.82, 2.24) is 10.6 Å². The Morgan fingerprint density at radius 2 is 2.05 bits per heavy atom. The largest absolute Gasteiger partial charge is 0.493 e. The average molecular weight is 315 g/mol. The second-order valence-electron chi connectivity index (χ2n) is 5.00. The highest BCUT2D eigenvalue weighted by atomic mass is 35.5. The molecule has 2 rings (SSSR count). The van der Waals surface area contributed by atoms with E-state index in [0.29, 0.717) is 24.6 Å². The molecule has 0 radical (unpaired) electrons. The Balaban J connectivity index is 0.00000220. The fourth-order valence-electron chi connectivity index (χ4n) is 2.06. The number of benzene rings is 1. The number of methoxy groups -OCH3 is 2. The quantitative estimate of drug-likeness (QED) is 0.767. The smallest absolute Gasteiger partial charge is 0.234 e. The number of halogens is 1. The summed E-state index contributed by atoms with van der Waals surface area (Å²) in [5.74, 6) is 2.11. The lowest BCUT2D eigenvalue weighted by Gasteiger charge is -2.13. The molecule has 2 N–H and O–H groups in total. The van der Waals surface area contributed by atoms with Crippen LogP contribution in [0, 0.1) is 5.92 Å². The van der Waals surface area contributed by atoms with Gasteiger partial charge in [-0.05, 0) is 31.4 Å². The molecule has 0 heterocycles. The zero-order valence-corrected chi connectivity index (χ0v) is 13.3. The van der Waals surface area contributed by atoms with Crippen LogP contribution in [0.3, 0.4) is 0 Å². The number of hydrogen-bond acceptors (Lipinski definition) is 4. The van der Waals surface area contributed by atoms with Crippen molar-refractivity contribution in [3.05, 3.63) is 23.8 Å². The van der Waals surface area contributed by atoms with Crippen LogP contribution in [0.1, 0.15) is 18.4 Å². The molecule has 1 saturated carbocycles. The van der Waals surface area contributed by atoms with Crippen molar-refractivity contribution in [3.8, 4) is 11.5 Å². The Morgan fingerprint density at radius 1 is 1.29 bits per heavy atom. The van der Waals surface area contributed by atoms with Gasteiger partial charge < -0.3 is 20.1 Å². The van der Waals surface area contributed by atoms with E-state index in [-0.39, 0.29) is 18.3 Å². The first-order chi connectivity index (χ1) is 9.74. The number of carbonyl (C=O) groups excluding carboxylic acids is 1. The van der Waals surface area contributed by atoms with Gasteiger partial charge in [0.1, 0.15) is 0 Å². The fraction of sp³-hybridized carbons (Fsp3) is 0.533. The summed E-state index contributed by atoms with van der Waals surface area (Å²) in [6.07, 6.45) is 2.57. The van der Waals surface area contributed by atoms with Crippen LogP contribution in [-0.4, -0.2) is 33.2 Å². The van der Waals surface area contributed by atoms with E-state index in [9.17, 15) is 4.79 Å². The minimum atomic E-state index is -0.00415. The molecule has 1 fully saturated rings. The standard InChI is InChI=1S/C15H22N2O3.ClH/c1-19-13-5-3-4-12(15(13)20-2)9-17-14(18)10-16-8-11-6-7-11;/h3-5,11,16H,6-10H2,1-2H3,(H,17,18);1H. The maximum atomic E-state index is 11.7. The Bertz CT molecular complexity index is 464. The van der Waals surface area contributed by atoms with Crippen LogP contribution in [0.2, 0.25) is 0 Å². The molecule has 1 amide bonds. The van der Waals surface area contributed by atoms with E-state index in [1.54, 1.807) is 14.2 Å². The van der Waals surface area contributed by atoms with Crippen molar-refractivity contribution in [2.24, 2.45) is 5.92 Å². The molecular formula is C15H23ClN2O3. The van der Waals surface area contributed by atoms with Crippen molar-refractivity contribution in [3.63, 3.8) is 0 Å². The van der Waals surface area contributed by atoms with Gasteiger partial charge in [0.2, 0.25) is 5.91 Å². The maximum Gasteiger partial charge on any atom is 0.234 e. The Hall–Kier alpha value is -1.46. The molecule has 5 nitrogen and oxygen atoms in total. The number of nitrogens with one attached hydrogen (secondary N) is 2. The van der Waals surface area contributed by atoms with E-state index in [0.717, 1.165) is 18.0 Å². The van der Waals surface area contributed by atoms with Gasteiger partial charge in [-0.3, -0.25) is 4.79 Å². The third-order valence-corrected chi connectivity index (χ3v) is 3.38. The van der Waals surface area contributed by atoms with Gasteiger partial charge in [-0.15, -0.1) is 12.4 Å². The van der Waals surface area contributed by atoms with Gasteiger partial charge >= 0.3 is 0 Å². The van der Waals surface area contributed by atoms with Crippen LogP contribution in [0.4, 0.5) is 0 Å². The fourth-order valence-corrected chi connectivity index (χ4v) is 2.06. The van der Waals surface area contributed by atoms with Crippen LogP contribution in [0.5, 0.6) is 11.5 Å². The van der Waals surface area contributed by atoms with Crippen molar-refractivity contribution >= 4 is 18.3 Å². The monoisotopic (exact) mass is 314 g/mol. The maximum absolute atomic E-state index is 11.7. The number of ether oxygens (including phenoxy) is 2. The first kappa shape index (κ1) is 17.6. The molecular weight excluding hydrogens is 292 g/mol. The summed E-state index contributed by atoms with van der Waals surface area (Å²) >= 11 is 0. The lowest BCUT2D eigenvalue weighted by molar-refractivity contribution is -0.120. The predicted molar refractivity (Wildman–Crippen MR) is 84.2 cm³/mol. The van der Waals surface area contributed by atoms with Gasteiger partial charge in [0.05, 0.1) is 20.8 Å². The second kappa shape index (κ2) is 8.74. The van der Waals surface area contributed by atoms with E-state index in [2.05, 4.69) is 10.6 Å². The van der Waals surface area contributed by atoms with Gasteiger partial charge in [0, 0.05) is 12.1 Å². The zero-order valence-electron chi connectivity index (χ0n) is 12.5. The molecule has 21 heavy (non-hydrogen) atoms. The molecule has 1 aromatic carbocycles. The van der Waals surface area contributed by atoms with Crippen molar-refractivity contribution in [2.75, 3.05) is 27.3 Å². The highest BCUT2D eigenvalue weighted by Crippen LogP contribution is 2.30. The predicted octanol–water partition coefficient (Wildman–Crippen LogP) is 1.74. The molecule has 1 aliphatic carbocycles. The molecule has 1 aromatic rings. The van der Waals surface area contributed by atoms with Gasteiger partial charge in [-0.2, -0.15) is 0 Å². The number of amides is 1. The number of hydrogen-bond donors (Lipinski definition) is 2. The molecule has 0 saturated heterocycles. The van der Waals surface area contributed by atoms with Crippen LogP contribution < -0.4 is 20.1 Å². The summed E-state index contributed by atoms with van der Waals surface area (Å²) in [5.41, 5.74) is 0.905. The summed E-state index contributed by atoms with van der Waals surface area (Å²) in [5, 5.41) is 6.05. The van der Waals surface area contributed by atoms with Crippen molar-refractivity contribution in [2.45, 2.75) is 19.4 Å². The first-order valence-corrected chi connectivity index (χ1v) is 6.92. The molecule has 0 bridgehead atoms. The Kier molecular flexibility index (Phi) is 7.32. The van der Waals surface area contributed by atoms with Gasteiger partial charge in [0.15, 0.2) is 11.5 Å². The van der Waals surface area contributed by atoms with Crippen molar-refractivity contribution in [1.29, 1.82) is 0 Å². The van der Waals surface area contributed by atoms with E-state index in [4.69, 9.17) is 9.47 Å². The first-order valence-electron chi connectivity index (χ1n) is 6.92. The second-order valence-corrected chi connectivity index (χ2v) is 5.00. The molecule has 0 unspecified atom stereocenters. The van der Waals surface area contributed by atoms with Crippen LogP contribution >= 0.6 is 12.4 Å². The van der Waals surface area contributed by atoms with E-state index in [1.807, 2.05) is 18.2 Å². The van der Waals surface area contributed by atoms with Crippen LogP contribution in [0.15, 0.2) is 18.2 Å². The molecule has 0 aliphatic heterocycles. The average Bonchev–Trinajstić information content (AvgIpc) is 3.28. The normalized spacial score (nSPS) is 13.2. The van der Waals surface area contributed by atoms with Gasteiger partial charge in [-0.25, -0.2) is 0 Å². The number of rotatable bonds is 8. The number of para-hydroxylation sites is 1. The molecule has 118 valence electrons. The molecule has 1 aliphatic rings.